The Hall–Kier alpha value is -0.790. The van der Waals surface area contributed by atoms with Gasteiger partial charge in [0.15, 0.2) is 0 Å². The van der Waals surface area contributed by atoms with E-state index in [0.717, 1.165) is 0 Å². The zero-order valence-corrected chi connectivity index (χ0v) is 25.3. The van der Waals surface area contributed by atoms with E-state index in [1.54, 1.807) is 0 Å². The van der Waals surface area contributed by atoms with Crippen molar-refractivity contribution in [3.63, 3.8) is 0 Å². The molecule has 0 aliphatic heterocycles. The lowest BCUT2D eigenvalue weighted by molar-refractivity contribution is -0.697. The third-order valence-electron chi connectivity index (χ3n) is 8.22. The van der Waals surface area contributed by atoms with Crippen LogP contribution in [0.15, 0.2) is 18.7 Å². The van der Waals surface area contributed by atoms with Crippen molar-refractivity contribution in [3.8, 4) is 0 Å². The van der Waals surface area contributed by atoms with Gasteiger partial charge in [0.2, 0.25) is 6.33 Å². The molecule has 0 amide bonds. The molecule has 2 nitrogen and oxygen atoms in total. The van der Waals surface area contributed by atoms with Crippen LogP contribution >= 0.6 is 0 Å². The van der Waals surface area contributed by atoms with E-state index in [1.807, 2.05) is 0 Å². The lowest BCUT2D eigenvalue weighted by atomic mass is 10.0. The summed E-state index contributed by atoms with van der Waals surface area (Å²) < 4.78 is 4.86. The van der Waals surface area contributed by atoms with Crippen LogP contribution in [0.25, 0.3) is 0 Å². The van der Waals surface area contributed by atoms with Gasteiger partial charge in [0, 0.05) is 0 Å². The fourth-order valence-corrected chi connectivity index (χ4v) is 5.55. The average Bonchev–Trinajstić information content (AvgIpc) is 3.36. The molecule has 0 aromatic carbocycles. The number of aromatic nitrogens is 2. The van der Waals surface area contributed by atoms with Crippen molar-refractivity contribution in [3.05, 3.63) is 18.7 Å². The molecular weight excluding hydrogens is 436 g/mol. The van der Waals surface area contributed by atoms with Gasteiger partial charge in [0.05, 0.1) is 12.6 Å². The topological polar surface area (TPSA) is 8.81 Å². The zero-order valence-electron chi connectivity index (χ0n) is 25.3. The third-order valence-corrected chi connectivity index (χ3v) is 8.22. The van der Waals surface area contributed by atoms with Crippen LogP contribution in [0.1, 0.15) is 194 Å². The molecule has 1 atom stereocenters. The first-order valence-electron chi connectivity index (χ1n) is 16.8. The highest BCUT2D eigenvalue weighted by Gasteiger charge is 2.11. The van der Waals surface area contributed by atoms with Crippen LogP contribution in [0.5, 0.6) is 0 Å². The molecule has 0 aliphatic rings. The molecule has 0 aliphatic carbocycles. The standard InChI is InChI=1S/C34H67N2/c1-4-6-8-10-12-14-16-17-18-19-21-23-25-27-29-34(3)36-32-31-35(33-36)30-28-26-24-22-20-15-13-11-9-7-5-2/h31-34H,4-30H2,1-3H3/q+1. The van der Waals surface area contributed by atoms with Crippen molar-refractivity contribution in [2.45, 2.75) is 200 Å². The first-order chi connectivity index (χ1) is 17.8. The lowest BCUT2D eigenvalue weighted by Crippen LogP contribution is -2.31. The Morgan fingerprint density at radius 2 is 0.861 bits per heavy atom. The molecule has 0 saturated heterocycles. The predicted octanol–water partition coefficient (Wildman–Crippen LogP) is 11.5. The molecule has 1 unspecified atom stereocenters. The molecular formula is C34H67N2+. The highest BCUT2D eigenvalue weighted by molar-refractivity contribution is 4.72. The highest BCUT2D eigenvalue weighted by Crippen LogP contribution is 2.17. The summed E-state index contributed by atoms with van der Waals surface area (Å²) in [6, 6.07) is 0.640. The Kier molecular flexibility index (Phi) is 23.9. The van der Waals surface area contributed by atoms with Gasteiger partial charge >= 0.3 is 0 Å². The number of hydrogen-bond acceptors (Lipinski definition) is 0. The van der Waals surface area contributed by atoms with E-state index in [0.29, 0.717) is 6.04 Å². The fraction of sp³-hybridized carbons (Fsp3) is 0.912. The summed E-state index contributed by atoms with van der Waals surface area (Å²) in [5, 5.41) is 0. The second-order valence-corrected chi connectivity index (χ2v) is 11.9. The Bertz CT molecular complexity index is 549. The number of nitrogens with zero attached hydrogens (tertiary/aromatic N) is 2. The number of hydrogen-bond donors (Lipinski definition) is 0. The number of imidazole rings is 1. The van der Waals surface area contributed by atoms with E-state index in [-0.39, 0.29) is 0 Å². The SMILES string of the molecule is CCCCCCCCCCCCCCCCC(C)n1cc[n+](CCCCCCCCCCCCC)c1. The molecule has 0 spiro atoms. The summed E-state index contributed by atoms with van der Waals surface area (Å²) in [5.74, 6) is 0. The fourth-order valence-electron chi connectivity index (χ4n) is 5.55. The van der Waals surface area contributed by atoms with Gasteiger partial charge in [-0.2, -0.15) is 0 Å². The Balaban J connectivity index is 1.89. The normalized spacial score (nSPS) is 12.4. The number of aryl methyl sites for hydroxylation is 1. The molecule has 36 heavy (non-hydrogen) atoms. The summed E-state index contributed by atoms with van der Waals surface area (Å²) in [7, 11) is 0. The van der Waals surface area contributed by atoms with E-state index in [2.05, 4.69) is 48.6 Å². The van der Waals surface area contributed by atoms with Crippen LogP contribution in [0.2, 0.25) is 0 Å². The Labute approximate surface area is 228 Å². The molecule has 0 saturated carbocycles. The first kappa shape index (κ1) is 33.2. The van der Waals surface area contributed by atoms with Crippen molar-refractivity contribution in [1.82, 2.24) is 4.57 Å². The average molecular weight is 504 g/mol. The highest BCUT2D eigenvalue weighted by atomic mass is 15.1. The van der Waals surface area contributed by atoms with Crippen LogP contribution < -0.4 is 4.57 Å². The van der Waals surface area contributed by atoms with Crippen molar-refractivity contribution in [2.75, 3.05) is 0 Å². The van der Waals surface area contributed by atoms with E-state index >= 15 is 0 Å². The van der Waals surface area contributed by atoms with Crippen molar-refractivity contribution < 1.29 is 4.57 Å². The van der Waals surface area contributed by atoms with Gasteiger partial charge in [-0.15, -0.1) is 0 Å². The second-order valence-electron chi connectivity index (χ2n) is 11.9. The molecule has 0 radical (unpaired) electrons. The minimum absolute atomic E-state index is 0.640. The van der Waals surface area contributed by atoms with Crippen LogP contribution in [-0.4, -0.2) is 4.57 Å². The van der Waals surface area contributed by atoms with Crippen LogP contribution in [0.3, 0.4) is 0 Å². The maximum Gasteiger partial charge on any atom is 0.243 e. The summed E-state index contributed by atoms with van der Waals surface area (Å²) in [6.07, 6.45) is 44.1. The van der Waals surface area contributed by atoms with Crippen molar-refractivity contribution in [1.29, 1.82) is 0 Å². The molecule has 2 heteroatoms. The number of rotatable bonds is 28. The first-order valence-corrected chi connectivity index (χ1v) is 16.8. The molecule has 0 bridgehead atoms. The molecule has 1 aromatic rings. The van der Waals surface area contributed by atoms with E-state index < -0.39 is 0 Å². The molecule has 1 aromatic heterocycles. The molecule has 1 rings (SSSR count). The molecule has 0 N–H and O–H groups in total. The smallest absolute Gasteiger partial charge is 0.237 e. The van der Waals surface area contributed by atoms with Gasteiger partial charge in [-0.1, -0.05) is 155 Å². The Morgan fingerprint density at radius 3 is 1.28 bits per heavy atom. The quantitative estimate of drug-likeness (QED) is 0.0794. The van der Waals surface area contributed by atoms with Crippen LogP contribution in [-0.2, 0) is 6.54 Å². The second kappa shape index (κ2) is 25.8. The van der Waals surface area contributed by atoms with Gasteiger partial charge in [-0.25, -0.2) is 9.13 Å². The predicted molar refractivity (Wildman–Crippen MR) is 161 cm³/mol. The monoisotopic (exact) mass is 504 g/mol. The summed E-state index contributed by atoms with van der Waals surface area (Å²) in [6.45, 7) is 8.19. The van der Waals surface area contributed by atoms with Gasteiger partial charge < -0.3 is 0 Å². The summed E-state index contributed by atoms with van der Waals surface area (Å²) in [4.78, 5) is 0. The molecule has 0 fully saturated rings. The van der Waals surface area contributed by atoms with Crippen molar-refractivity contribution >= 4 is 0 Å². The van der Waals surface area contributed by atoms with Crippen LogP contribution in [0, 0.1) is 0 Å². The van der Waals surface area contributed by atoms with E-state index in [1.165, 1.54) is 173 Å². The van der Waals surface area contributed by atoms with Crippen LogP contribution in [0.4, 0.5) is 0 Å². The van der Waals surface area contributed by atoms with Gasteiger partial charge in [-0.3, -0.25) is 0 Å². The van der Waals surface area contributed by atoms with E-state index in [4.69, 9.17) is 0 Å². The third kappa shape index (κ3) is 20.3. The van der Waals surface area contributed by atoms with Gasteiger partial charge in [-0.05, 0) is 32.6 Å². The summed E-state index contributed by atoms with van der Waals surface area (Å²) in [5.41, 5.74) is 0. The molecule has 1 heterocycles. The maximum absolute atomic E-state index is 2.45. The van der Waals surface area contributed by atoms with E-state index in [9.17, 15) is 0 Å². The zero-order chi connectivity index (χ0) is 25.9. The Morgan fingerprint density at radius 1 is 0.500 bits per heavy atom. The molecule has 212 valence electrons. The maximum atomic E-state index is 2.45. The largest absolute Gasteiger partial charge is 0.243 e. The minimum atomic E-state index is 0.640. The minimum Gasteiger partial charge on any atom is -0.237 e. The number of unbranched alkanes of at least 4 members (excludes halogenated alkanes) is 23. The van der Waals surface area contributed by atoms with Gasteiger partial charge in [0.1, 0.15) is 12.4 Å². The van der Waals surface area contributed by atoms with Gasteiger partial charge in [0.25, 0.3) is 0 Å². The lowest BCUT2D eigenvalue weighted by Gasteiger charge is -2.08. The van der Waals surface area contributed by atoms with Crippen molar-refractivity contribution in [2.24, 2.45) is 0 Å². The summed E-state index contributed by atoms with van der Waals surface area (Å²) >= 11 is 0.